The van der Waals surface area contributed by atoms with Crippen molar-refractivity contribution in [2.24, 2.45) is 5.10 Å². The molecule has 0 unspecified atom stereocenters. The van der Waals surface area contributed by atoms with Crippen LogP contribution in [0.2, 0.25) is 5.02 Å². The topological polar surface area (TPSA) is 123 Å². The van der Waals surface area contributed by atoms with E-state index in [2.05, 4.69) is 31.0 Å². The maximum atomic E-state index is 11.8. The van der Waals surface area contributed by atoms with Gasteiger partial charge in [0.05, 0.1) is 12.0 Å². The molecule has 0 aliphatic rings. The van der Waals surface area contributed by atoms with Crippen molar-refractivity contribution in [1.82, 2.24) is 19.9 Å². The monoisotopic (exact) mass is 408 g/mol. The molecule has 0 aliphatic heterocycles. The molecule has 0 fully saturated rings. The van der Waals surface area contributed by atoms with Gasteiger partial charge in [0.1, 0.15) is 0 Å². The lowest BCUT2D eigenvalue weighted by Gasteiger charge is -2.03. The number of nitrogens with two attached hydrogens (primary N) is 1. The Bertz CT molecular complexity index is 912. The Balaban J connectivity index is 1.53. The van der Waals surface area contributed by atoms with Crippen LogP contribution >= 0.6 is 34.7 Å². The molecule has 0 saturated heterocycles. The maximum absolute atomic E-state index is 11.8. The first-order valence-corrected chi connectivity index (χ1v) is 9.43. The van der Waals surface area contributed by atoms with Crippen molar-refractivity contribution < 1.29 is 4.79 Å². The highest BCUT2D eigenvalue weighted by Gasteiger charge is 2.12. The number of rotatable bonds is 7. The third-order valence-electron chi connectivity index (χ3n) is 2.90. The fourth-order valence-electron chi connectivity index (χ4n) is 1.77. The Morgan fingerprint density at radius 2 is 2.35 bits per heavy atom. The van der Waals surface area contributed by atoms with Gasteiger partial charge in [0.15, 0.2) is 5.13 Å². The molecule has 0 spiro atoms. The molecule has 2 aromatic heterocycles. The molecule has 134 valence electrons. The van der Waals surface area contributed by atoms with Gasteiger partial charge in [-0.1, -0.05) is 35.5 Å². The number of nitrogens with zero attached hydrogens (tertiary/aromatic N) is 5. The average Bonchev–Trinajstić information content (AvgIpc) is 3.24. The number of benzene rings is 1. The summed E-state index contributed by atoms with van der Waals surface area (Å²) < 4.78 is 1.22. The highest BCUT2D eigenvalue weighted by atomic mass is 35.5. The number of amides is 1. The van der Waals surface area contributed by atoms with Gasteiger partial charge in [-0.05, 0) is 17.7 Å². The van der Waals surface area contributed by atoms with Gasteiger partial charge in [0.2, 0.25) is 11.1 Å². The largest absolute Gasteiger partial charge is 0.334 e. The lowest BCUT2D eigenvalue weighted by Crippen LogP contribution is -2.16. The third kappa shape index (κ3) is 4.94. The quantitative estimate of drug-likeness (QED) is 0.237. The summed E-state index contributed by atoms with van der Waals surface area (Å²) >= 11 is 8.40. The van der Waals surface area contributed by atoms with Crippen LogP contribution in [0.15, 0.2) is 46.1 Å². The zero-order chi connectivity index (χ0) is 18.4. The van der Waals surface area contributed by atoms with Crippen LogP contribution in [0.4, 0.5) is 11.1 Å². The molecule has 2 heterocycles. The number of thiazole rings is 1. The van der Waals surface area contributed by atoms with Crippen molar-refractivity contribution in [3.05, 3.63) is 46.4 Å². The van der Waals surface area contributed by atoms with Crippen molar-refractivity contribution in [2.75, 3.05) is 22.3 Å². The summed E-state index contributed by atoms with van der Waals surface area (Å²) in [6.45, 7) is 0. The molecule has 3 rings (SSSR count). The van der Waals surface area contributed by atoms with E-state index in [0.717, 1.165) is 17.3 Å². The molecule has 12 heteroatoms. The second kappa shape index (κ2) is 8.65. The van der Waals surface area contributed by atoms with Crippen LogP contribution in [0.3, 0.4) is 0 Å². The van der Waals surface area contributed by atoms with Crippen LogP contribution in [0.5, 0.6) is 0 Å². The molecule has 0 aliphatic carbocycles. The zero-order valence-electron chi connectivity index (χ0n) is 13.2. The molecule has 4 N–H and O–H groups in total. The fourth-order valence-corrected chi connectivity index (χ4v) is 3.17. The molecule has 26 heavy (non-hydrogen) atoms. The first-order chi connectivity index (χ1) is 12.6. The van der Waals surface area contributed by atoms with E-state index in [1.807, 2.05) is 12.1 Å². The van der Waals surface area contributed by atoms with E-state index in [9.17, 15) is 4.79 Å². The molecule has 0 bridgehead atoms. The maximum Gasteiger partial charge on any atom is 0.264 e. The van der Waals surface area contributed by atoms with E-state index in [1.54, 1.807) is 29.9 Å². The first-order valence-electron chi connectivity index (χ1n) is 7.19. The summed E-state index contributed by atoms with van der Waals surface area (Å²) in [5, 5.41) is 17.8. The van der Waals surface area contributed by atoms with Crippen molar-refractivity contribution in [2.45, 2.75) is 5.16 Å². The number of thioether (sulfide) groups is 1. The van der Waals surface area contributed by atoms with Crippen LogP contribution < -0.4 is 16.6 Å². The number of hydrogen-bond donors (Lipinski definition) is 3. The summed E-state index contributed by atoms with van der Waals surface area (Å²) in [6.07, 6.45) is 3.20. The minimum atomic E-state index is -0.207. The van der Waals surface area contributed by atoms with Crippen molar-refractivity contribution in [1.29, 1.82) is 0 Å². The number of nitrogen functional groups attached to an aromatic ring is 1. The van der Waals surface area contributed by atoms with Crippen LogP contribution in [0, 0.1) is 0 Å². The normalized spacial score (nSPS) is 11.0. The van der Waals surface area contributed by atoms with E-state index < -0.39 is 0 Å². The minimum Gasteiger partial charge on any atom is -0.334 e. The van der Waals surface area contributed by atoms with E-state index in [1.165, 1.54) is 16.0 Å². The van der Waals surface area contributed by atoms with Gasteiger partial charge in [0, 0.05) is 16.6 Å². The van der Waals surface area contributed by atoms with Gasteiger partial charge >= 0.3 is 0 Å². The number of carbonyl (C=O) groups is 1. The van der Waals surface area contributed by atoms with Gasteiger partial charge in [-0.15, -0.1) is 21.5 Å². The number of halogens is 1. The smallest absolute Gasteiger partial charge is 0.264 e. The summed E-state index contributed by atoms with van der Waals surface area (Å²) in [7, 11) is 0. The van der Waals surface area contributed by atoms with E-state index in [0.29, 0.717) is 15.3 Å². The lowest BCUT2D eigenvalue weighted by molar-refractivity contribution is -0.113. The molecule has 0 radical (unpaired) electrons. The summed E-state index contributed by atoms with van der Waals surface area (Å²) in [6, 6.07) is 7.21. The summed E-state index contributed by atoms with van der Waals surface area (Å²) in [4.78, 5) is 15.8. The van der Waals surface area contributed by atoms with Crippen molar-refractivity contribution >= 4 is 57.9 Å². The van der Waals surface area contributed by atoms with E-state index >= 15 is 0 Å². The van der Waals surface area contributed by atoms with Crippen molar-refractivity contribution in [3.63, 3.8) is 0 Å². The Hall–Kier alpha value is -2.63. The Kier molecular flexibility index (Phi) is 6.04. The molecule has 9 nitrogen and oxygen atoms in total. The number of nitrogens with one attached hydrogen (secondary N) is 2. The number of anilines is 2. The highest BCUT2D eigenvalue weighted by Crippen LogP contribution is 2.18. The molecule has 1 aromatic carbocycles. The zero-order valence-corrected chi connectivity index (χ0v) is 15.6. The average molecular weight is 409 g/mol. The molecule has 0 atom stereocenters. The molecule has 0 saturated carbocycles. The number of hydrazone groups is 1. The summed E-state index contributed by atoms with van der Waals surface area (Å²) in [5.41, 5.74) is 3.51. The van der Waals surface area contributed by atoms with Gasteiger partial charge in [0.25, 0.3) is 5.95 Å². The second-order valence-corrected chi connectivity index (χ2v) is 7.05. The lowest BCUT2D eigenvalue weighted by atomic mass is 10.2. The van der Waals surface area contributed by atoms with Gasteiger partial charge in [-0.2, -0.15) is 5.10 Å². The molecular weight excluding hydrogens is 396 g/mol. The fraction of sp³-hybridized carbons (Fsp3) is 0.0714. The van der Waals surface area contributed by atoms with Gasteiger partial charge in [-0.3, -0.25) is 4.79 Å². The minimum absolute atomic E-state index is 0.126. The Morgan fingerprint density at radius 1 is 1.46 bits per heavy atom. The van der Waals surface area contributed by atoms with Crippen LogP contribution in [0.25, 0.3) is 0 Å². The molecular formula is C14H13ClN8OS2. The molecule has 1 amide bonds. The highest BCUT2D eigenvalue weighted by molar-refractivity contribution is 7.99. The Morgan fingerprint density at radius 3 is 3.12 bits per heavy atom. The second-order valence-electron chi connectivity index (χ2n) is 4.78. The summed E-state index contributed by atoms with van der Waals surface area (Å²) in [5.74, 6) is 6.06. The predicted octanol–water partition coefficient (Wildman–Crippen LogP) is 2.28. The third-order valence-corrected chi connectivity index (χ3v) is 4.77. The van der Waals surface area contributed by atoms with Crippen molar-refractivity contribution in [3.8, 4) is 0 Å². The van der Waals surface area contributed by atoms with Gasteiger partial charge < -0.3 is 11.2 Å². The number of aromatic nitrogens is 4. The van der Waals surface area contributed by atoms with Crippen LogP contribution in [-0.4, -0.2) is 37.7 Å². The number of hydrogen-bond acceptors (Lipinski definition) is 9. The van der Waals surface area contributed by atoms with Gasteiger partial charge in [-0.25, -0.2) is 15.1 Å². The van der Waals surface area contributed by atoms with E-state index in [4.69, 9.17) is 17.4 Å². The first kappa shape index (κ1) is 18.2. The predicted molar refractivity (Wildman–Crippen MR) is 104 cm³/mol. The van der Waals surface area contributed by atoms with Crippen LogP contribution in [0.1, 0.15) is 5.56 Å². The van der Waals surface area contributed by atoms with Crippen LogP contribution in [-0.2, 0) is 4.79 Å². The molecule has 3 aromatic rings. The van der Waals surface area contributed by atoms with E-state index in [-0.39, 0.29) is 17.6 Å². The number of carbonyl (C=O) groups excluding carboxylic acids is 1. The standard InChI is InChI=1S/C14H13ClN8OS2/c15-10-3-1-2-9(6-10)7-18-20-12-21-22-14(23(12)16)26-8-11(24)19-13-17-4-5-25-13/h1-7H,8,16H2,(H,20,21)(H,17,19,24)/b18-7+. The Labute approximate surface area is 161 Å². The SMILES string of the molecule is Nn1c(N/N=C/c2cccc(Cl)c2)nnc1SCC(=O)Nc1nccs1.